The van der Waals surface area contributed by atoms with Gasteiger partial charge in [0.25, 0.3) is 0 Å². The fraction of sp³-hybridized carbons (Fsp3) is 0.682. The summed E-state index contributed by atoms with van der Waals surface area (Å²) in [5.41, 5.74) is 1.03. The Kier molecular flexibility index (Phi) is 10.3. The van der Waals surface area contributed by atoms with Gasteiger partial charge < -0.3 is 20.3 Å². The zero-order valence-electron chi connectivity index (χ0n) is 17.7. The fourth-order valence-electron chi connectivity index (χ4n) is 3.40. The maximum atomic E-state index is 13.2. The van der Waals surface area contributed by atoms with Crippen molar-refractivity contribution < 1.29 is 9.13 Å². The highest BCUT2D eigenvalue weighted by atomic mass is 19.1. The number of rotatable bonds is 10. The number of hydrogen-bond acceptors (Lipinski definition) is 3. The number of nitrogens with one attached hydrogen (secondary N) is 2. The van der Waals surface area contributed by atoms with Gasteiger partial charge in [-0.05, 0) is 64.2 Å². The lowest BCUT2D eigenvalue weighted by molar-refractivity contribution is 0.0532. The summed E-state index contributed by atoms with van der Waals surface area (Å²) in [7, 11) is 0. The van der Waals surface area contributed by atoms with Gasteiger partial charge in [0, 0.05) is 38.8 Å². The van der Waals surface area contributed by atoms with Crippen molar-refractivity contribution in [1.29, 1.82) is 0 Å². The Morgan fingerprint density at radius 1 is 1.32 bits per heavy atom. The third-order valence-electron chi connectivity index (χ3n) is 4.91. The molecule has 1 aliphatic rings. The van der Waals surface area contributed by atoms with E-state index in [2.05, 4.69) is 36.3 Å². The second-order valence-corrected chi connectivity index (χ2v) is 7.67. The van der Waals surface area contributed by atoms with Gasteiger partial charge in [-0.1, -0.05) is 12.1 Å². The van der Waals surface area contributed by atoms with Crippen molar-refractivity contribution in [2.75, 3.05) is 39.3 Å². The van der Waals surface area contributed by atoms with Crippen molar-refractivity contribution in [3.63, 3.8) is 0 Å². The molecule has 1 aromatic rings. The molecule has 1 saturated heterocycles. The Balaban J connectivity index is 1.69. The van der Waals surface area contributed by atoms with Crippen LogP contribution in [0.4, 0.5) is 4.39 Å². The molecule has 6 heteroatoms. The number of aryl methyl sites for hydroxylation is 1. The molecule has 1 aromatic carbocycles. The number of piperidine rings is 1. The van der Waals surface area contributed by atoms with Crippen molar-refractivity contribution in [3.8, 4) is 0 Å². The monoisotopic (exact) mass is 392 g/mol. The number of guanidine groups is 1. The van der Waals surface area contributed by atoms with Gasteiger partial charge in [-0.2, -0.15) is 0 Å². The quantitative estimate of drug-likeness (QED) is 0.365. The van der Waals surface area contributed by atoms with Crippen molar-refractivity contribution in [2.45, 2.75) is 58.6 Å². The average Bonchev–Trinajstić information content (AvgIpc) is 2.66. The summed E-state index contributed by atoms with van der Waals surface area (Å²) in [6, 6.07) is 7.28. The van der Waals surface area contributed by atoms with Crippen LogP contribution in [-0.4, -0.2) is 62.3 Å². The molecule has 2 rings (SSSR count). The molecule has 0 aromatic heterocycles. The lowest BCUT2D eigenvalue weighted by Crippen LogP contribution is -2.49. The molecule has 1 aliphatic heterocycles. The second-order valence-electron chi connectivity index (χ2n) is 7.67. The number of nitrogens with zero attached hydrogens (tertiary/aromatic N) is 2. The van der Waals surface area contributed by atoms with Crippen LogP contribution in [0, 0.1) is 5.82 Å². The van der Waals surface area contributed by atoms with E-state index in [1.165, 1.54) is 6.07 Å². The van der Waals surface area contributed by atoms with Crippen LogP contribution in [-0.2, 0) is 11.2 Å². The molecular weight excluding hydrogens is 355 g/mol. The Labute approximate surface area is 169 Å². The molecule has 0 radical (unpaired) electrons. The molecule has 28 heavy (non-hydrogen) atoms. The fourth-order valence-corrected chi connectivity index (χ4v) is 3.40. The summed E-state index contributed by atoms with van der Waals surface area (Å²) in [5, 5.41) is 6.92. The van der Waals surface area contributed by atoms with Gasteiger partial charge in [0.05, 0.1) is 12.7 Å². The van der Waals surface area contributed by atoms with E-state index in [9.17, 15) is 4.39 Å². The molecular formula is C22H37FN4O. The van der Waals surface area contributed by atoms with Crippen LogP contribution in [0.5, 0.6) is 0 Å². The molecule has 0 unspecified atom stereocenters. The smallest absolute Gasteiger partial charge is 0.191 e. The highest BCUT2D eigenvalue weighted by molar-refractivity contribution is 5.80. The van der Waals surface area contributed by atoms with Crippen molar-refractivity contribution in [2.24, 2.45) is 4.99 Å². The molecule has 0 saturated carbocycles. The minimum Gasteiger partial charge on any atom is -0.377 e. The van der Waals surface area contributed by atoms with Gasteiger partial charge in [-0.15, -0.1) is 0 Å². The van der Waals surface area contributed by atoms with Crippen molar-refractivity contribution in [3.05, 3.63) is 35.6 Å². The molecule has 5 nitrogen and oxygen atoms in total. The van der Waals surface area contributed by atoms with E-state index in [1.54, 1.807) is 12.1 Å². The van der Waals surface area contributed by atoms with Gasteiger partial charge in [0.2, 0.25) is 0 Å². The lowest BCUT2D eigenvalue weighted by Gasteiger charge is -2.33. The highest BCUT2D eigenvalue weighted by Gasteiger charge is 2.19. The minimum atomic E-state index is -0.168. The summed E-state index contributed by atoms with van der Waals surface area (Å²) >= 11 is 0. The van der Waals surface area contributed by atoms with E-state index in [1.807, 2.05) is 6.07 Å². The third kappa shape index (κ3) is 9.02. The number of benzene rings is 1. The molecule has 2 N–H and O–H groups in total. The second kappa shape index (κ2) is 12.7. The van der Waals surface area contributed by atoms with E-state index >= 15 is 0 Å². The first-order chi connectivity index (χ1) is 13.6. The SMILES string of the molecule is CCNC(=NCCCc1cccc(F)c1)NC1CCN(CCOC(C)C)CC1. The molecule has 0 amide bonds. The molecule has 0 spiro atoms. The summed E-state index contributed by atoms with van der Waals surface area (Å²) < 4.78 is 18.9. The van der Waals surface area contributed by atoms with Crippen LogP contribution in [0.1, 0.15) is 45.6 Å². The summed E-state index contributed by atoms with van der Waals surface area (Å²) in [4.78, 5) is 7.18. The van der Waals surface area contributed by atoms with E-state index < -0.39 is 0 Å². The van der Waals surface area contributed by atoms with Gasteiger partial charge in [0.1, 0.15) is 5.82 Å². The first-order valence-electron chi connectivity index (χ1n) is 10.7. The lowest BCUT2D eigenvalue weighted by atomic mass is 10.1. The normalized spacial score (nSPS) is 16.5. The van der Waals surface area contributed by atoms with Crippen molar-refractivity contribution in [1.82, 2.24) is 15.5 Å². The van der Waals surface area contributed by atoms with Crippen LogP contribution in [0.25, 0.3) is 0 Å². The first-order valence-corrected chi connectivity index (χ1v) is 10.7. The van der Waals surface area contributed by atoms with Crippen LogP contribution < -0.4 is 10.6 Å². The first kappa shape index (κ1) is 22.6. The number of likely N-dealkylation sites (tertiary alicyclic amines) is 1. The standard InChI is InChI=1S/C22H37FN4O/c1-4-24-22(25-12-6-8-19-7-5-9-20(23)17-19)26-21-10-13-27(14-11-21)15-16-28-18(2)3/h5,7,9,17-18,21H,4,6,8,10-16H2,1-3H3,(H2,24,25,26). The van der Waals surface area contributed by atoms with E-state index in [0.717, 1.165) is 76.5 Å². The number of aliphatic imine (C=N–C) groups is 1. The number of halogens is 1. The van der Waals surface area contributed by atoms with Gasteiger partial charge in [0.15, 0.2) is 5.96 Å². The van der Waals surface area contributed by atoms with Crippen LogP contribution in [0.15, 0.2) is 29.3 Å². The van der Waals surface area contributed by atoms with E-state index in [4.69, 9.17) is 9.73 Å². The largest absolute Gasteiger partial charge is 0.377 e. The predicted molar refractivity (Wildman–Crippen MR) is 114 cm³/mol. The minimum absolute atomic E-state index is 0.168. The topological polar surface area (TPSA) is 48.9 Å². The summed E-state index contributed by atoms with van der Waals surface area (Å²) in [5.74, 6) is 0.724. The van der Waals surface area contributed by atoms with Gasteiger partial charge in [-0.25, -0.2) is 4.39 Å². The Bertz CT molecular complexity index is 586. The highest BCUT2D eigenvalue weighted by Crippen LogP contribution is 2.10. The average molecular weight is 393 g/mol. The number of hydrogen-bond donors (Lipinski definition) is 2. The van der Waals surface area contributed by atoms with Crippen LogP contribution in [0.3, 0.4) is 0 Å². The Morgan fingerprint density at radius 2 is 2.11 bits per heavy atom. The maximum absolute atomic E-state index is 13.2. The summed E-state index contributed by atoms with van der Waals surface area (Å²) in [6.07, 6.45) is 4.30. The zero-order valence-corrected chi connectivity index (χ0v) is 17.7. The van der Waals surface area contributed by atoms with Crippen LogP contribution in [0.2, 0.25) is 0 Å². The zero-order chi connectivity index (χ0) is 20.2. The molecule has 1 fully saturated rings. The van der Waals surface area contributed by atoms with Gasteiger partial charge >= 0.3 is 0 Å². The molecule has 0 atom stereocenters. The number of ether oxygens (including phenoxy) is 1. The third-order valence-corrected chi connectivity index (χ3v) is 4.91. The Hall–Kier alpha value is -1.66. The molecule has 1 heterocycles. The van der Waals surface area contributed by atoms with Gasteiger partial charge in [-0.3, -0.25) is 4.99 Å². The predicted octanol–water partition coefficient (Wildman–Crippen LogP) is 3.20. The van der Waals surface area contributed by atoms with E-state index in [-0.39, 0.29) is 5.82 Å². The van der Waals surface area contributed by atoms with Crippen LogP contribution >= 0.6 is 0 Å². The Morgan fingerprint density at radius 3 is 2.79 bits per heavy atom. The molecule has 158 valence electrons. The van der Waals surface area contributed by atoms with Crippen molar-refractivity contribution >= 4 is 5.96 Å². The molecule has 0 aliphatic carbocycles. The maximum Gasteiger partial charge on any atom is 0.191 e. The van der Waals surface area contributed by atoms with E-state index in [0.29, 0.717) is 12.1 Å². The summed E-state index contributed by atoms with van der Waals surface area (Å²) in [6.45, 7) is 11.8. The molecule has 0 bridgehead atoms.